The summed E-state index contributed by atoms with van der Waals surface area (Å²) in [5.74, 6) is -0.256. The second-order valence-electron chi connectivity index (χ2n) is 4.40. The fourth-order valence-electron chi connectivity index (χ4n) is 1.70. The number of carbonyl (C=O) groups is 1. The van der Waals surface area contributed by atoms with Gasteiger partial charge >= 0.3 is 6.01 Å². The number of amides is 1. The molecule has 3 aromatic heterocycles. The minimum Gasteiger partial charge on any atom is -0.401 e. The molecule has 1 N–H and O–H groups in total. The molecule has 0 unspecified atom stereocenters. The van der Waals surface area contributed by atoms with Crippen LogP contribution in [0.2, 0.25) is 8.67 Å². The van der Waals surface area contributed by atoms with Crippen LogP contribution >= 0.6 is 34.5 Å². The van der Waals surface area contributed by atoms with Crippen LogP contribution < -0.4 is 5.32 Å². The van der Waals surface area contributed by atoms with Crippen LogP contribution in [0.5, 0.6) is 0 Å². The van der Waals surface area contributed by atoms with Crippen LogP contribution in [-0.4, -0.2) is 25.9 Å². The highest BCUT2D eigenvalue weighted by atomic mass is 35.5. The molecule has 0 aromatic carbocycles. The van der Waals surface area contributed by atoms with E-state index in [0.717, 1.165) is 17.0 Å². The number of aryl methyl sites for hydroxylation is 2. The highest BCUT2D eigenvalue weighted by Gasteiger charge is 2.18. The molecule has 3 rings (SSSR count). The second kappa shape index (κ2) is 5.71. The number of nitrogens with zero attached hydrogens (tertiary/aromatic N) is 4. The van der Waals surface area contributed by atoms with Crippen LogP contribution in [0.3, 0.4) is 0 Å². The van der Waals surface area contributed by atoms with E-state index in [2.05, 4.69) is 20.6 Å². The maximum atomic E-state index is 12.1. The van der Waals surface area contributed by atoms with E-state index < -0.39 is 5.91 Å². The maximum Gasteiger partial charge on any atom is 0.322 e. The molecule has 3 aromatic rings. The van der Waals surface area contributed by atoms with E-state index in [1.54, 1.807) is 17.8 Å². The topological polar surface area (TPSA) is 85.8 Å². The van der Waals surface area contributed by atoms with Crippen LogP contribution in [0.4, 0.5) is 6.01 Å². The van der Waals surface area contributed by atoms with Gasteiger partial charge in [-0.2, -0.15) is 5.10 Å². The fraction of sp³-hybridized carbons (Fsp3) is 0.167. The highest BCUT2D eigenvalue weighted by molar-refractivity contribution is 7.20. The summed E-state index contributed by atoms with van der Waals surface area (Å²) in [5, 5.41) is 14.3. The summed E-state index contributed by atoms with van der Waals surface area (Å²) in [6.45, 7) is 1.90. The molecule has 0 saturated carbocycles. The molecule has 0 fully saturated rings. The van der Waals surface area contributed by atoms with Crippen molar-refractivity contribution in [3.8, 4) is 11.6 Å². The van der Waals surface area contributed by atoms with E-state index in [1.807, 2.05) is 6.92 Å². The van der Waals surface area contributed by atoms with Crippen molar-refractivity contribution in [2.45, 2.75) is 6.92 Å². The standard InChI is InChI=1S/C12H9Cl2N5O2S/c1-5-3-7(18-19(5)2)11-16-17-12(21-11)15-10(20)6-4-8(13)22-9(6)14/h3-4H,1-2H3,(H,15,17,20). The summed E-state index contributed by atoms with van der Waals surface area (Å²) in [6.07, 6.45) is 0. The van der Waals surface area contributed by atoms with Crippen LogP contribution in [0.1, 0.15) is 16.1 Å². The molecule has 1 amide bonds. The quantitative estimate of drug-likeness (QED) is 0.776. The average molecular weight is 358 g/mol. The Balaban J connectivity index is 1.79. The Bertz CT molecular complexity index is 834. The van der Waals surface area contributed by atoms with E-state index >= 15 is 0 Å². The zero-order chi connectivity index (χ0) is 15.9. The molecular weight excluding hydrogens is 349 g/mol. The van der Waals surface area contributed by atoms with Gasteiger partial charge in [0.05, 0.1) is 9.90 Å². The lowest BCUT2D eigenvalue weighted by molar-refractivity contribution is 0.102. The van der Waals surface area contributed by atoms with Gasteiger partial charge in [-0.15, -0.1) is 16.4 Å². The van der Waals surface area contributed by atoms with Gasteiger partial charge in [0, 0.05) is 12.7 Å². The average Bonchev–Trinajstić information content (AvgIpc) is 3.11. The predicted octanol–water partition coefficient (Wildman–Crippen LogP) is 3.40. The number of hydrogen-bond donors (Lipinski definition) is 1. The summed E-state index contributed by atoms with van der Waals surface area (Å²) < 4.78 is 7.78. The molecule has 0 radical (unpaired) electrons. The summed E-state index contributed by atoms with van der Waals surface area (Å²) in [4.78, 5) is 12.1. The first kappa shape index (κ1) is 15.0. The molecule has 0 aliphatic rings. The molecule has 22 heavy (non-hydrogen) atoms. The number of halogens is 2. The third kappa shape index (κ3) is 2.85. The molecule has 0 atom stereocenters. The van der Waals surface area contributed by atoms with Gasteiger partial charge in [-0.05, 0) is 19.1 Å². The Hall–Kier alpha value is -1.90. The van der Waals surface area contributed by atoms with Gasteiger partial charge in [-0.1, -0.05) is 28.3 Å². The minimum absolute atomic E-state index is 0.0401. The first-order chi connectivity index (χ1) is 10.4. The Kier molecular flexibility index (Phi) is 3.90. The van der Waals surface area contributed by atoms with Gasteiger partial charge < -0.3 is 4.42 Å². The lowest BCUT2D eigenvalue weighted by Crippen LogP contribution is -2.11. The van der Waals surface area contributed by atoms with Gasteiger partial charge in [0.25, 0.3) is 11.8 Å². The lowest BCUT2D eigenvalue weighted by Gasteiger charge is -1.97. The Morgan fingerprint density at radius 3 is 2.73 bits per heavy atom. The number of carbonyl (C=O) groups excluding carboxylic acids is 1. The third-order valence-corrected chi connectivity index (χ3v) is 4.37. The van der Waals surface area contributed by atoms with Gasteiger partial charge in [0.1, 0.15) is 10.0 Å². The molecule has 0 spiro atoms. The van der Waals surface area contributed by atoms with E-state index in [9.17, 15) is 4.79 Å². The van der Waals surface area contributed by atoms with Crippen molar-refractivity contribution in [3.63, 3.8) is 0 Å². The zero-order valence-electron chi connectivity index (χ0n) is 11.4. The van der Waals surface area contributed by atoms with Crippen molar-refractivity contribution < 1.29 is 9.21 Å². The van der Waals surface area contributed by atoms with Crippen molar-refractivity contribution in [1.82, 2.24) is 20.0 Å². The van der Waals surface area contributed by atoms with Gasteiger partial charge in [-0.25, -0.2) is 0 Å². The summed E-state index contributed by atoms with van der Waals surface area (Å²) in [5.41, 5.74) is 1.73. The normalized spacial score (nSPS) is 10.9. The van der Waals surface area contributed by atoms with E-state index in [0.29, 0.717) is 14.4 Å². The van der Waals surface area contributed by atoms with Gasteiger partial charge in [0.2, 0.25) is 0 Å². The number of thiophene rings is 1. The Morgan fingerprint density at radius 2 is 2.14 bits per heavy atom. The van der Waals surface area contributed by atoms with E-state index in [4.69, 9.17) is 27.6 Å². The molecular formula is C12H9Cl2N5O2S. The molecule has 0 bridgehead atoms. The van der Waals surface area contributed by atoms with Crippen molar-refractivity contribution in [2.24, 2.45) is 7.05 Å². The van der Waals surface area contributed by atoms with E-state index in [1.165, 1.54) is 6.07 Å². The minimum atomic E-state index is -0.472. The molecule has 7 nitrogen and oxygen atoms in total. The fourth-order valence-corrected chi connectivity index (χ4v) is 3.16. The number of aromatic nitrogens is 4. The van der Waals surface area contributed by atoms with Crippen molar-refractivity contribution in [3.05, 3.63) is 32.1 Å². The number of anilines is 1. The monoisotopic (exact) mass is 357 g/mol. The number of hydrogen-bond acceptors (Lipinski definition) is 6. The summed E-state index contributed by atoms with van der Waals surface area (Å²) in [6, 6.07) is 3.24. The van der Waals surface area contributed by atoms with Crippen LogP contribution in [-0.2, 0) is 7.05 Å². The lowest BCUT2D eigenvalue weighted by atomic mass is 10.3. The van der Waals surface area contributed by atoms with Crippen LogP contribution in [0, 0.1) is 6.92 Å². The Morgan fingerprint density at radius 1 is 1.36 bits per heavy atom. The first-order valence-corrected chi connectivity index (χ1v) is 7.62. The van der Waals surface area contributed by atoms with E-state index in [-0.39, 0.29) is 17.5 Å². The predicted molar refractivity (Wildman–Crippen MR) is 83.5 cm³/mol. The molecule has 114 valence electrons. The third-order valence-electron chi connectivity index (χ3n) is 2.88. The summed E-state index contributed by atoms with van der Waals surface area (Å²) in [7, 11) is 1.81. The molecule has 0 aliphatic heterocycles. The Labute approximate surface area is 138 Å². The molecule has 0 saturated heterocycles. The molecule has 10 heteroatoms. The van der Waals surface area contributed by atoms with Crippen molar-refractivity contribution in [1.29, 1.82) is 0 Å². The van der Waals surface area contributed by atoms with Crippen LogP contribution in [0.15, 0.2) is 16.5 Å². The SMILES string of the molecule is Cc1cc(-c2nnc(NC(=O)c3cc(Cl)sc3Cl)o2)nn1C. The largest absolute Gasteiger partial charge is 0.401 e. The highest BCUT2D eigenvalue weighted by Crippen LogP contribution is 2.31. The second-order valence-corrected chi connectivity index (χ2v) is 6.68. The number of nitrogens with one attached hydrogen (secondary N) is 1. The van der Waals surface area contributed by atoms with Gasteiger partial charge in [0.15, 0.2) is 0 Å². The summed E-state index contributed by atoms with van der Waals surface area (Å²) >= 11 is 12.8. The smallest absolute Gasteiger partial charge is 0.322 e. The van der Waals surface area contributed by atoms with Crippen LogP contribution in [0.25, 0.3) is 11.6 Å². The van der Waals surface area contributed by atoms with Gasteiger partial charge in [-0.3, -0.25) is 14.8 Å². The van der Waals surface area contributed by atoms with Crippen molar-refractivity contribution in [2.75, 3.05) is 5.32 Å². The first-order valence-electron chi connectivity index (χ1n) is 6.04. The zero-order valence-corrected chi connectivity index (χ0v) is 13.8. The molecule has 0 aliphatic carbocycles. The van der Waals surface area contributed by atoms with Crippen molar-refractivity contribution >= 4 is 46.5 Å². The maximum absolute atomic E-state index is 12.1. The number of rotatable bonds is 3. The molecule has 3 heterocycles.